The van der Waals surface area contributed by atoms with Crippen LogP contribution < -0.4 is 5.32 Å². The van der Waals surface area contributed by atoms with Crippen molar-refractivity contribution in [2.24, 2.45) is 5.41 Å². The van der Waals surface area contributed by atoms with E-state index in [-0.39, 0.29) is 12.3 Å². The van der Waals surface area contributed by atoms with Crippen molar-refractivity contribution in [3.63, 3.8) is 0 Å². The van der Waals surface area contributed by atoms with Gasteiger partial charge >= 0.3 is 5.97 Å². The van der Waals surface area contributed by atoms with Gasteiger partial charge in [0.1, 0.15) is 0 Å². The topological polar surface area (TPSA) is 79.3 Å². The molecule has 0 aliphatic rings. The van der Waals surface area contributed by atoms with Crippen molar-refractivity contribution in [1.82, 2.24) is 10.3 Å². The molecular weight excluding hydrogens is 264 g/mol. The van der Waals surface area contributed by atoms with Crippen LogP contribution in [0.5, 0.6) is 0 Å². The number of aryl methyl sites for hydroxylation is 1. The van der Waals surface area contributed by atoms with Crippen molar-refractivity contribution in [1.29, 1.82) is 0 Å². The van der Waals surface area contributed by atoms with Crippen LogP contribution in [0.2, 0.25) is 0 Å². The molecule has 0 aliphatic heterocycles. The van der Waals surface area contributed by atoms with E-state index >= 15 is 0 Å². The number of hydrogen-bond acceptors (Lipinski definition) is 4. The van der Waals surface area contributed by atoms with Gasteiger partial charge < -0.3 is 10.4 Å². The lowest BCUT2D eigenvalue weighted by atomic mass is 9.90. The Hall–Kier alpha value is -1.43. The van der Waals surface area contributed by atoms with Gasteiger partial charge in [0.2, 0.25) is 5.91 Å². The number of thiazole rings is 1. The number of carboxylic acid groups (broad SMARTS) is 1. The van der Waals surface area contributed by atoms with E-state index in [1.165, 1.54) is 0 Å². The van der Waals surface area contributed by atoms with Gasteiger partial charge in [0.05, 0.1) is 22.5 Å². The fourth-order valence-electron chi connectivity index (χ4n) is 1.44. The SMILES string of the molecule is CCc1nc(CC(=O)NCCC(C)(C)C(=O)O)cs1. The highest BCUT2D eigenvalue weighted by Gasteiger charge is 2.26. The Kier molecular flexibility index (Phi) is 5.47. The third-order valence-corrected chi connectivity index (χ3v) is 3.94. The number of rotatable bonds is 7. The predicted molar refractivity (Wildman–Crippen MR) is 74.2 cm³/mol. The Morgan fingerprint density at radius 1 is 1.47 bits per heavy atom. The molecule has 1 amide bonds. The van der Waals surface area contributed by atoms with Gasteiger partial charge in [-0.15, -0.1) is 11.3 Å². The molecule has 0 unspecified atom stereocenters. The van der Waals surface area contributed by atoms with Gasteiger partial charge in [-0.25, -0.2) is 4.98 Å². The normalized spacial score (nSPS) is 11.3. The lowest BCUT2D eigenvalue weighted by Crippen LogP contribution is -2.32. The molecule has 106 valence electrons. The average molecular weight is 284 g/mol. The fraction of sp³-hybridized carbons (Fsp3) is 0.615. The zero-order chi connectivity index (χ0) is 14.5. The van der Waals surface area contributed by atoms with Gasteiger partial charge in [0.15, 0.2) is 0 Å². The predicted octanol–water partition coefficient (Wildman–Crippen LogP) is 1.87. The van der Waals surface area contributed by atoms with Crippen LogP contribution in [0.3, 0.4) is 0 Å². The van der Waals surface area contributed by atoms with E-state index in [9.17, 15) is 9.59 Å². The first-order valence-corrected chi connectivity index (χ1v) is 7.16. The van der Waals surface area contributed by atoms with Crippen LogP contribution in [0.1, 0.15) is 37.9 Å². The molecule has 0 spiro atoms. The molecule has 0 saturated carbocycles. The summed E-state index contributed by atoms with van der Waals surface area (Å²) in [7, 11) is 0. The second-order valence-corrected chi connectivity index (χ2v) is 5.99. The summed E-state index contributed by atoms with van der Waals surface area (Å²) in [6.07, 6.45) is 1.54. The molecule has 5 nitrogen and oxygen atoms in total. The maximum absolute atomic E-state index is 11.7. The van der Waals surface area contributed by atoms with Crippen LogP contribution in [0.15, 0.2) is 5.38 Å². The molecule has 6 heteroatoms. The maximum atomic E-state index is 11.7. The second-order valence-electron chi connectivity index (χ2n) is 5.05. The van der Waals surface area contributed by atoms with Crippen LogP contribution in [-0.2, 0) is 22.4 Å². The summed E-state index contributed by atoms with van der Waals surface area (Å²) >= 11 is 1.55. The van der Waals surface area contributed by atoms with Gasteiger partial charge in [-0.2, -0.15) is 0 Å². The molecule has 0 fully saturated rings. The lowest BCUT2D eigenvalue weighted by Gasteiger charge is -2.18. The monoisotopic (exact) mass is 284 g/mol. The second kappa shape index (κ2) is 6.65. The molecule has 1 aromatic rings. The molecule has 1 heterocycles. The van der Waals surface area contributed by atoms with Gasteiger partial charge in [0, 0.05) is 11.9 Å². The number of hydrogen-bond donors (Lipinski definition) is 2. The number of aromatic nitrogens is 1. The molecule has 0 radical (unpaired) electrons. The number of carbonyl (C=O) groups is 2. The summed E-state index contributed by atoms with van der Waals surface area (Å²) in [5.74, 6) is -0.969. The van der Waals surface area contributed by atoms with Gasteiger partial charge in [0.25, 0.3) is 0 Å². The zero-order valence-corrected chi connectivity index (χ0v) is 12.3. The van der Waals surface area contributed by atoms with E-state index in [1.807, 2.05) is 12.3 Å². The van der Waals surface area contributed by atoms with Crippen molar-refractivity contribution in [2.75, 3.05) is 6.54 Å². The first kappa shape index (κ1) is 15.6. The van der Waals surface area contributed by atoms with Crippen LogP contribution >= 0.6 is 11.3 Å². The smallest absolute Gasteiger partial charge is 0.309 e. The Bertz CT molecular complexity index is 454. The Morgan fingerprint density at radius 3 is 2.68 bits per heavy atom. The molecule has 1 aromatic heterocycles. The summed E-state index contributed by atoms with van der Waals surface area (Å²) in [4.78, 5) is 26.9. The average Bonchev–Trinajstić information content (AvgIpc) is 2.76. The highest BCUT2D eigenvalue weighted by Crippen LogP contribution is 2.19. The largest absolute Gasteiger partial charge is 0.481 e. The van der Waals surface area contributed by atoms with Crippen molar-refractivity contribution in [3.8, 4) is 0 Å². The number of carboxylic acids is 1. The summed E-state index contributed by atoms with van der Waals surface area (Å²) in [5, 5.41) is 14.6. The van der Waals surface area contributed by atoms with Crippen molar-refractivity contribution < 1.29 is 14.7 Å². The first-order chi connectivity index (χ1) is 8.85. The van der Waals surface area contributed by atoms with Gasteiger partial charge in [-0.3, -0.25) is 9.59 Å². The third kappa shape index (κ3) is 4.98. The van der Waals surface area contributed by atoms with E-state index in [4.69, 9.17) is 5.11 Å². The number of amides is 1. The molecule has 2 N–H and O–H groups in total. The minimum Gasteiger partial charge on any atom is -0.481 e. The Balaban J connectivity index is 2.34. The van der Waals surface area contributed by atoms with E-state index < -0.39 is 11.4 Å². The standard InChI is InChI=1S/C13H20N2O3S/c1-4-11-15-9(8-19-11)7-10(16)14-6-5-13(2,3)12(17)18/h8H,4-7H2,1-3H3,(H,14,16)(H,17,18). The van der Waals surface area contributed by atoms with Crippen LogP contribution in [0.4, 0.5) is 0 Å². The summed E-state index contributed by atoms with van der Waals surface area (Å²) in [6.45, 7) is 5.68. The van der Waals surface area contributed by atoms with Crippen molar-refractivity contribution in [3.05, 3.63) is 16.1 Å². The third-order valence-electron chi connectivity index (χ3n) is 2.89. The Morgan fingerprint density at radius 2 is 2.16 bits per heavy atom. The van der Waals surface area contributed by atoms with E-state index in [2.05, 4.69) is 10.3 Å². The number of nitrogens with one attached hydrogen (secondary N) is 1. The van der Waals surface area contributed by atoms with Crippen LogP contribution in [0.25, 0.3) is 0 Å². The molecule has 19 heavy (non-hydrogen) atoms. The summed E-state index contributed by atoms with van der Waals surface area (Å²) in [6, 6.07) is 0. The molecule has 0 saturated heterocycles. The molecule has 0 bridgehead atoms. The summed E-state index contributed by atoms with van der Waals surface area (Å²) < 4.78 is 0. The maximum Gasteiger partial charge on any atom is 0.309 e. The number of carbonyl (C=O) groups excluding carboxylic acids is 1. The van der Waals surface area contributed by atoms with E-state index in [0.717, 1.165) is 17.1 Å². The van der Waals surface area contributed by atoms with Gasteiger partial charge in [-0.1, -0.05) is 6.92 Å². The van der Waals surface area contributed by atoms with E-state index in [0.29, 0.717) is 13.0 Å². The molecule has 0 aliphatic carbocycles. The minimum atomic E-state index is -0.853. The summed E-state index contributed by atoms with van der Waals surface area (Å²) in [5.41, 5.74) is -0.0413. The minimum absolute atomic E-state index is 0.117. The lowest BCUT2D eigenvalue weighted by molar-refractivity contribution is -0.147. The molecule has 1 rings (SSSR count). The molecule has 0 atom stereocenters. The number of nitrogens with zero attached hydrogens (tertiary/aromatic N) is 1. The van der Waals surface area contributed by atoms with Crippen molar-refractivity contribution >= 4 is 23.2 Å². The molecule has 0 aromatic carbocycles. The van der Waals surface area contributed by atoms with Crippen LogP contribution in [-0.4, -0.2) is 28.5 Å². The fourth-order valence-corrected chi connectivity index (χ4v) is 2.19. The highest BCUT2D eigenvalue weighted by molar-refractivity contribution is 7.09. The number of aliphatic carboxylic acids is 1. The first-order valence-electron chi connectivity index (χ1n) is 6.28. The quantitative estimate of drug-likeness (QED) is 0.801. The van der Waals surface area contributed by atoms with E-state index in [1.54, 1.807) is 25.2 Å². The Labute approximate surface area is 117 Å². The highest BCUT2D eigenvalue weighted by atomic mass is 32.1. The van der Waals surface area contributed by atoms with Gasteiger partial charge in [-0.05, 0) is 26.7 Å². The van der Waals surface area contributed by atoms with Crippen molar-refractivity contribution in [2.45, 2.75) is 40.0 Å². The van der Waals surface area contributed by atoms with Crippen LogP contribution in [0, 0.1) is 5.41 Å². The zero-order valence-electron chi connectivity index (χ0n) is 11.5. The molecular formula is C13H20N2O3S.